The summed E-state index contributed by atoms with van der Waals surface area (Å²) in [4.78, 5) is 12.7. The Bertz CT molecular complexity index is 927. The van der Waals surface area contributed by atoms with Crippen LogP contribution >= 0.6 is 0 Å². The Hall–Kier alpha value is -2.49. The summed E-state index contributed by atoms with van der Waals surface area (Å²) in [7, 11) is 1.39. The number of benzene rings is 2. The van der Waals surface area contributed by atoms with Gasteiger partial charge in [-0.15, -0.1) is 0 Å². The number of nitrogens with one attached hydrogen (secondary N) is 2. The van der Waals surface area contributed by atoms with Gasteiger partial charge in [0, 0.05) is 12.6 Å². The van der Waals surface area contributed by atoms with Gasteiger partial charge in [-0.25, -0.2) is 13.1 Å². The Labute approximate surface area is 165 Å². The number of nitro benzene ring substituents is 1. The summed E-state index contributed by atoms with van der Waals surface area (Å²) < 4.78 is 26.0. The minimum Gasteiger partial charge on any atom is -0.378 e. The number of rotatable bonds is 9. The Balaban J connectivity index is 2.28. The molecule has 2 rings (SSSR count). The Kier molecular flexibility index (Phi) is 7.11. The molecule has 152 valence electrons. The number of anilines is 1. The first-order chi connectivity index (χ1) is 13.2. The molecular weight excluding hydrogens is 380 g/mol. The van der Waals surface area contributed by atoms with Crippen molar-refractivity contribution in [1.82, 2.24) is 9.62 Å². The number of hydrogen-bond donors (Lipinski definition) is 2. The summed E-state index contributed by atoms with van der Waals surface area (Å²) in [6, 6.07) is 12.1. The highest BCUT2D eigenvalue weighted by Gasteiger charge is 2.22. The lowest BCUT2D eigenvalue weighted by atomic mass is 10.0. The van der Waals surface area contributed by atoms with Crippen LogP contribution in [0.15, 0.2) is 47.4 Å². The van der Waals surface area contributed by atoms with Crippen LogP contribution in [0.5, 0.6) is 0 Å². The van der Waals surface area contributed by atoms with Gasteiger partial charge in [-0.3, -0.25) is 10.1 Å². The van der Waals surface area contributed by atoms with E-state index in [9.17, 15) is 18.5 Å². The molecule has 2 aromatic rings. The zero-order valence-corrected chi connectivity index (χ0v) is 17.3. The zero-order valence-electron chi connectivity index (χ0n) is 16.5. The molecule has 0 aliphatic rings. The Morgan fingerprint density at radius 1 is 1.14 bits per heavy atom. The maximum atomic E-state index is 11.9. The number of sulfonamides is 1. The van der Waals surface area contributed by atoms with Crippen LogP contribution in [-0.2, 0) is 16.4 Å². The monoisotopic (exact) mass is 406 g/mol. The maximum Gasteiger partial charge on any atom is 0.293 e. The van der Waals surface area contributed by atoms with Crippen LogP contribution in [0.3, 0.4) is 0 Å². The van der Waals surface area contributed by atoms with Crippen molar-refractivity contribution in [2.75, 3.05) is 33.0 Å². The molecule has 2 aromatic carbocycles. The predicted molar refractivity (Wildman–Crippen MR) is 110 cm³/mol. The molecule has 0 bridgehead atoms. The van der Waals surface area contributed by atoms with Gasteiger partial charge >= 0.3 is 0 Å². The van der Waals surface area contributed by atoms with E-state index in [1.54, 1.807) is 0 Å². The summed E-state index contributed by atoms with van der Waals surface area (Å²) in [5, 5.41) is 14.5. The van der Waals surface area contributed by atoms with E-state index in [2.05, 4.69) is 41.2 Å². The molecule has 0 aliphatic carbocycles. The third kappa shape index (κ3) is 5.06. The number of aryl methyl sites for hydroxylation is 1. The van der Waals surface area contributed by atoms with Crippen LogP contribution in [0.25, 0.3) is 0 Å². The molecule has 2 N–H and O–H groups in total. The number of hydrogen-bond acceptors (Lipinski definition) is 6. The first-order valence-electron chi connectivity index (χ1n) is 8.90. The number of nitrogens with zero attached hydrogens (tertiary/aromatic N) is 2. The van der Waals surface area contributed by atoms with Crippen molar-refractivity contribution in [3.8, 4) is 0 Å². The standard InChI is InChI=1S/C19H26N4O4S/c1-5-14-6-8-15(9-7-14)19(22(3)4)13-21-17-11-10-16(28(26,27)20-2)12-18(17)23(24)25/h6-12,19-21H,5,13H2,1-4H3. The second-order valence-electron chi connectivity index (χ2n) is 6.60. The third-order valence-corrected chi connectivity index (χ3v) is 6.04. The molecule has 9 heteroatoms. The summed E-state index contributed by atoms with van der Waals surface area (Å²) in [5.74, 6) is 0. The van der Waals surface area contributed by atoms with E-state index in [1.165, 1.54) is 24.7 Å². The highest BCUT2D eigenvalue weighted by atomic mass is 32.2. The minimum atomic E-state index is -3.76. The molecule has 1 unspecified atom stereocenters. The van der Waals surface area contributed by atoms with Gasteiger partial charge in [0.2, 0.25) is 10.0 Å². The van der Waals surface area contributed by atoms with Crippen molar-refractivity contribution in [1.29, 1.82) is 0 Å². The molecule has 0 radical (unpaired) electrons. The van der Waals surface area contributed by atoms with Gasteiger partial charge in [0.25, 0.3) is 5.69 Å². The average Bonchev–Trinajstić information content (AvgIpc) is 2.68. The summed E-state index contributed by atoms with van der Waals surface area (Å²) in [6.45, 7) is 2.52. The summed E-state index contributed by atoms with van der Waals surface area (Å²) in [6.07, 6.45) is 0.958. The molecule has 0 saturated carbocycles. The first-order valence-corrected chi connectivity index (χ1v) is 10.4. The fourth-order valence-corrected chi connectivity index (χ4v) is 3.63. The minimum absolute atomic E-state index is 0.00812. The lowest BCUT2D eigenvalue weighted by molar-refractivity contribution is -0.384. The van der Waals surface area contributed by atoms with Crippen molar-refractivity contribution in [3.05, 3.63) is 63.7 Å². The molecule has 0 saturated heterocycles. The van der Waals surface area contributed by atoms with Gasteiger partial charge in [-0.1, -0.05) is 31.2 Å². The normalized spacial score (nSPS) is 12.8. The molecule has 0 heterocycles. The van der Waals surface area contributed by atoms with E-state index >= 15 is 0 Å². The first kappa shape index (κ1) is 21.8. The predicted octanol–water partition coefficient (Wildman–Crippen LogP) is 2.78. The van der Waals surface area contributed by atoms with Crippen molar-refractivity contribution >= 4 is 21.4 Å². The highest BCUT2D eigenvalue weighted by Crippen LogP contribution is 2.29. The van der Waals surface area contributed by atoms with Gasteiger partial charge in [-0.2, -0.15) is 0 Å². The molecule has 0 fully saturated rings. The molecule has 0 aliphatic heterocycles. The molecule has 0 amide bonds. The van der Waals surface area contributed by atoms with Crippen LogP contribution in [0, 0.1) is 10.1 Å². The molecule has 1 atom stereocenters. The van der Waals surface area contributed by atoms with E-state index < -0.39 is 14.9 Å². The lowest BCUT2D eigenvalue weighted by Gasteiger charge is -2.25. The maximum absolute atomic E-state index is 11.9. The Morgan fingerprint density at radius 2 is 1.79 bits per heavy atom. The largest absolute Gasteiger partial charge is 0.378 e. The molecular formula is C19H26N4O4S. The van der Waals surface area contributed by atoms with Crippen LogP contribution < -0.4 is 10.0 Å². The topological polar surface area (TPSA) is 105 Å². The summed E-state index contributed by atoms with van der Waals surface area (Å²) >= 11 is 0. The van der Waals surface area contributed by atoms with Crippen LogP contribution in [0.4, 0.5) is 11.4 Å². The van der Waals surface area contributed by atoms with Crippen molar-refractivity contribution in [2.24, 2.45) is 0 Å². The van der Waals surface area contributed by atoms with E-state index in [-0.39, 0.29) is 22.3 Å². The van der Waals surface area contributed by atoms with Crippen LogP contribution in [0.2, 0.25) is 0 Å². The van der Waals surface area contributed by atoms with E-state index in [1.807, 2.05) is 19.0 Å². The molecule has 0 spiro atoms. The second kappa shape index (κ2) is 9.13. The zero-order chi connectivity index (χ0) is 20.9. The molecule has 28 heavy (non-hydrogen) atoms. The van der Waals surface area contributed by atoms with Gasteiger partial charge < -0.3 is 10.2 Å². The van der Waals surface area contributed by atoms with Gasteiger partial charge in [-0.05, 0) is 50.8 Å². The number of likely N-dealkylation sites (N-methyl/N-ethyl adjacent to an activating group) is 1. The fourth-order valence-electron chi connectivity index (χ4n) is 2.88. The third-order valence-electron chi connectivity index (χ3n) is 4.63. The smallest absolute Gasteiger partial charge is 0.293 e. The van der Waals surface area contributed by atoms with Gasteiger partial charge in [0.05, 0.1) is 15.9 Å². The van der Waals surface area contributed by atoms with Gasteiger partial charge in [0.1, 0.15) is 5.69 Å². The van der Waals surface area contributed by atoms with Crippen LogP contribution in [0.1, 0.15) is 24.1 Å². The van der Waals surface area contributed by atoms with Crippen molar-refractivity contribution in [2.45, 2.75) is 24.3 Å². The van der Waals surface area contributed by atoms with E-state index in [0.29, 0.717) is 6.54 Å². The summed E-state index contributed by atoms with van der Waals surface area (Å²) in [5.41, 5.74) is 2.32. The molecule has 8 nitrogen and oxygen atoms in total. The van der Waals surface area contributed by atoms with Gasteiger partial charge in [0.15, 0.2) is 0 Å². The Morgan fingerprint density at radius 3 is 2.29 bits per heavy atom. The highest BCUT2D eigenvalue weighted by molar-refractivity contribution is 7.89. The van der Waals surface area contributed by atoms with E-state index in [4.69, 9.17) is 0 Å². The van der Waals surface area contributed by atoms with Crippen molar-refractivity contribution in [3.63, 3.8) is 0 Å². The average molecular weight is 407 g/mol. The van der Waals surface area contributed by atoms with Crippen molar-refractivity contribution < 1.29 is 13.3 Å². The fraction of sp³-hybridized carbons (Fsp3) is 0.368. The van der Waals surface area contributed by atoms with Crippen LogP contribution in [-0.4, -0.2) is 45.9 Å². The number of nitro groups is 1. The lowest BCUT2D eigenvalue weighted by Crippen LogP contribution is -2.27. The second-order valence-corrected chi connectivity index (χ2v) is 8.49. The SMILES string of the molecule is CCc1ccc(C(CNc2ccc(S(=O)(=O)NC)cc2[N+](=O)[O-])N(C)C)cc1. The van der Waals surface area contributed by atoms with E-state index in [0.717, 1.165) is 18.1 Å². The molecule has 0 aromatic heterocycles. The quantitative estimate of drug-likeness (QED) is 0.490.